The summed E-state index contributed by atoms with van der Waals surface area (Å²) in [5.41, 5.74) is 6.48. The maximum absolute atomic E-state index is 2.40. The molecule has 2 aromatic carbocycles. The molecule has 0 N–H and O–H groups in total. The Hall–Kier alpha value is -2.19. The zero-order valence-corrected chi connectivity index (χ0v) is 16.3. The van der Waals surface area contributed by atoms with E-state index in [2.05, 4.69) is 105 Å². The highest BCUT2D eigenvalue weighted by Crippen LogP contribution is 2.26. The highest BCUT2D eigenvalue weighted by molar-refractivity contribution is 6.88. The van der Waals surface area contributed by atoms with Gasteiger partial charge in [-0.2, -0.15) is 0 Å². The molecule has 0 aliphatic heterocycles. The van der Waals surface area contributed by atoms with E-state index in [4.69, 9.17) is 0 Å². The Labute approximate surface area is 146 Å². The maximum atomic E-state index is 2.40. The summed E-state index contributed by atoms with van der Waals surface area (Å²) in [6.07, 6.45) is 2.20. The van der Waals surface area contributed by atoms with Crippen molar-refractivity contribution in [1.29, 1.82) is 0 Å². The average Bonchev–Trinajstić information content (AvgIpc) is 2.55. The number of nitrogens with zero attached hydrogens (tertiary/aromatic N) is 1. The van der Waals surface area contributed by atoms with E-state index in [-0.39, 0.29) is 0 Å². The lowest BCUT2D eigenvalue weighted by molar-refractivity contribution is -0.660. The first-order valence-electron chi connectivity index (χ1n) is 8.53. The van der Waals surface area contributed by atoms with Crippen LogP contribution in [0.4, 0.5) is 0 Å². The number of aromatic nitrogens is 1. The van der Waals surface area contributed by atoms with Crippen molar-refractivity contribution in [3.63, 3.8) is 0 Å². The second-order valence-corrected chi connectivity index (χ2v) is 12.6. The second-order valence-electron chi connectivity index (χ2n) is 7.56. The van der Waals surface area contributed by atoms with E-state index in [1.165, 1.54) is 33.1 Å². The van der Waals surface area contributed by atoms with Crippen molar-refractivity contribution in [3.8, 4) is 22.4 Å². The Morgan fingerprint density at radius 1 is 0.792 bits per heavy atom. The second kappa shape index (κ2) is 6.37. The van der Waals surface area contributed by atoms with Crippen molar-refractivity contribution in [2.45, 2.75) is 26.6 Å². The van der Waals surface area contributed by atoms with Crippen LogP contribution < -0.4 is 9.75 Å². The van der Waals surface area contributed by atoms with Gasteiger partial charge in [0.2, 0.25) is 5.69 Å². The van der Waals surface area contributed by atoms with Crippen LogP contribution in [-0.4, -0.2) is 8.07 Å². The molecule has 3 rings (SSSR count). The van der Waals surface area contributed by atoms with Gasteiger partial charge < -0.3 is 0 Å². The first kappa shape index (κ1) is 16.7. The Morgan fingerprint density at radius 2 is 1.50 bits per heavy atom. The molecule has 3 aromatic rings. The number of pyridine rings is 1. The van der Waals surface area contributed by atoms with E-state index in [0.29, 0.717) is 0 Å². The van der Waals surface area contributed by atoms with E-state index >= 15 is 0 Å². The SMILES string of the molecule is Cc1cc(-c2ccccc2)ccc1-c1cc([Si](C)(C)C)cc[n+]1C. The molecule has 0 aliphatic carbocycles. The van der Waals surface area contributed by atoms with E-state index in [1.54, 1.807) is 0 Å². The first-order valence-corrected chi connectivity index (χ1v) is 12.0. The van der Waals surface area contributed by atoms with Crippen LogP contribution >= 0.6 is 0 Å². The molecular weight excluding hydrogens is 306 g/mol. The highest BCUT2D eigenvalue weighted by atomic mass is 28.3. The van der Waals surface area contributed by atoms with Crippen molar-refractivity contribution in [2.75, 3.05) is 0 Å². The third kappa shape index (κ3) is 3.34. The summed E-state index contributed by atoms with van der Waals surface area (Å²) in [5, 5.41) is 1.50. The van der Waals surface area contributed by atoms with Gasteiger partial charge in [0.15, 0.2) is 6.20 Å². The number of benzene rings is 2. The van der Waals surface area contributed by atoms with Gasteiger partial charge in [-0.05, 0) is 34.9 Å². The lowest BCUT2D eigenvalue weighted by Gasteiger charge is -2.17. The smallest absolute Gasteiger partial charge is 0.201 e. The van der Waals surface area contributed by atoms with Crippen LogP contribution in [0.3, 0.4) is 0 Å². The largest absolute Gasteiger partial charge is 0.212 e. The van der Waals surface area contributed by atoms with Crippen molar-refractivity contribution in [1.82, 2.24) is 0 Å². The topological polar surface area (TPSA) is 3.88 Å². The van der Waals surface area contributed by atoms with Crippen LogP contribution in [0.2, 0.25) is 19.6 Å². The minimum atomic E-state index is -1.31. The van der Waals surface area contributed by atoms with Gasteiger partial charge in [-0.15, -0.1) is 0 Å². The Bertz CT molecular complexity index is 861. The van der Waals surface area contributed by atoms with Gasteiger partial charge in [0.05, 0.1) is 8.07 Å². The van der Waals surface area contributed by atoms with E-state index < -0.39 is 8.07 Å². The summed E-state index contributed by atoms with van der Waals surface area (Å²) in [4.78, 5) is 0. The molecule has 0 aliphatic rings. The minimum Gasteiger partial charge on any atom is -0.201 e. The first-order chi connectivity index (χ1) is 11.4. The number of hydrogen-bond acceptors (Lipinski definition) is 0. The van der Waals surface area contributed by atoms with Crippen molar-refractivity contribution in [3.05, 3.63) is 72.4 Å². The van der Waals surface area contributed by atoms with Gasteiger partial charge in [0, 0.05) is 17.7 Å². The monoisotopic (exact) mass is 332 g/mol. The van der Waals surface area contributed by atoms with Gasteiger partial charge in [-0.25, -0.2) is 4.57 Å². The normalized spacial score (nSPS) is 11.5. The molecule has 0 saturated heterocycles. The van der Waals surface area contributed by atoms with Crippen molar-refractivity contribution in [2.24, 2.45) is 7.05 Å². The fraction of sp³-hybridized carbons (Fsp3) is 0.227. The van der Waals surface area contributed by atoms with Crippen LogP contribution in [0.5, 0.6) is 0 Å². The zero-order chi connectivity index (χ0) is 17.3. The predicted octanol–water partition coefficient (Wildman–Crippen LogP) is 4.70. The van der Waals surface area contributed by atoms with Crippen LogP contribution in [-0.2, 0) is 7.05 Å². The number of rotatable bonds is 3. The summed E-state index contributed by atoms with van der Waals surface area (Å²) in [6.45, 7) is 9.41. The minimum absolute atomic E-state index is 1.27. The molecule has 0 bridgehead atoms. The summed E-state index contributed by atoms with van der Waals surface area (Å²) in [5.74, 6) is 0. The molecule has 1 aromatic heterocycles. The van der Waals surface area contributed by atoms with E-state index in [9.17, 15) is 0 Å². The van der Waals surface area contributed by atoms with Gasteiger partial charge in [-0.1, -0.05) is 62.1 Å². The van der Waals surface area contributed by atoms with Crippen LogP contribution in [0.1, 0.15) is 5.56 Å². The number of hydrogen-bond donors (Lipinski definition) is 0. The van der Waals surface area contributed by atoms with Crippen LogP contribution in [0, 0.1) is 6.92 Å². The lowest BCUT2D eigenvalue weighted by atomic mass is 9.98. The molecule has 0 saturated carbocycles. The molecule has 2 heteroatoms. The summed E-state index contributed by atoms with van der Waals surface area (Å²) < 4.78 is 2.23. The Morgan fingerprint density at radius 3 is 2.12 bits per heavy atom. The fourth-order valence-electron chi connectivity index (χ4n) is 3.07. The lowest BCUT2D eigenvalue weighted by Crippen LogP contribution is -2.42. The molecule has 0 amide bonds. The average molecular weight is 333 g/mol. The molecule has 0 spiro atoms. The molecule has 1 nitrogen and oxygen atoms in total. The highest BCUT2D eigenvalue weighted by Gasteiger charge is 2.21. The quantitative estimate of drug-likeness (QED) is 0.483. The molecule has 0 atom stereocenters. The van der Waals surface area contributed by atoms with Crippen molar-refractivity contribution >= 4 is 13.3 Å². The number of aryl methyl sites for hydroxylation is 2. The summed E-state index contributed by atoms with van der Waals surface area (Å²) in [6, 6.07) is 22.0. The molecule has 24 heavy (non-hydrogen) atoms. The zero-order valence-electron chi connectivity index (χ0n) is 15.3. The fourth-order valence-corrected chi connectivity index (χ4v) is 4.21. The van der Waals surface area contributed by atoms with Gasteiger partial charge in [0.1, 0.15) is 7.05 Å². The molecule has 0 radical (unpaired) electrons. The van der Waals surface area contributed by atoms with Gasteiger partial charge in [-0.3, -0.25) is 0 Å². The Kier molecular flexibility index (Phi) is 4.42. The standard InChI is InChI=1S/C22H26NSi/c1-17-15-19(18-9-7-6-8-10-18)11-12-21(17)22-16-20(24(3,4)5)13-14-23(22)2/h6-16H,1-5H3/q+1. The summed E-state index contributed by atoms with van der Waals surface area (Å²) in [7, 11) is 0.818. The molecule has 0 unspecified atom stereocenters. The maximum Gasteiger partial charge on any atom is 0.212 e. The molecule has 122 valence electrons. The van der Waals surface area contributed by atoms with Crippen LogP contribution in [0.25, 0.3) is 22.4 Å². The van der Waals surface area contributed by atoms with E-state index in [0.717, 1.165) is 0 Å². The third-order valence-electron chi connectivity index (χ3n) is 4.63. The Balaban J connectivity index is 2.08. The van der Waals surface area contributed by atoms with Gasteiger partial charge >= 0.3 is 0 Å². The summed E-state index contributed by atoms with van der Waals surface area (Å²) >= 11 is 0. The molecule has 1 heterocycles. The van der Waals surface area contributed by atoms with Gasteiger partial charge in [0.25, 0.3) is 0 Å². The third-order valence-corrected chi connectivity index (χ3v) is 6.67. The van der Waals surface area contributed by atoms with E-state index in [1.807, 2.05) is 0 Å². The predicted molar refractivity (Wildman–Crippen MR) is 106 cm³/mol. The molecule has 0 fully saturated rings. The molecular formula is C22H26NSi+. The van der Waals surface area contributed by atoms with Crippen molar-refractivity contribution < 1.29 is 4.57 Å². The van der Waals surface area contributed by atoms with Crippen LogP contribution in [0.15, 0.2) is 66.9 Å².